The molecule has 2 aromatic rings. The van der Waals surface area contributed by atoms with Crippen LogP contribution in [0, 0.1) is 6.92 Å². The molecule has 0 aliphatic rings. The molecule has 0 radical (unpaired) electrons. The van der Waals surface area contributed by atoms with E-state index in [0.29, 0.717) is 12.2 Å². The van der Waals surface area contributed by atoms with E-state index < -0.39 is 0 Å². The molecule has 2 rings (SSSR count). The molecule has 1 amide bonds. The lowest BCUT2D eigenvalue weighted by atomic mass is 10.0. The highest BCUT2D eigenvalue weighted by molar-refractivity contribution is 5.94. The van der Waals surface area contributed by atoms with Crippen molar-refractivity contribution in [1.82, 2.24) is 5.32 Å². The van der Waals surface area contributed by atoms with E-state index >= 15 is 0 Å². The molecule has 3 nitrogen and oxygen atoms in total. The van der Waals surface area contributed by atoms with Gasteiger partial charge in [-0.1, -0.05) is 36.4 Å². The van der Waals surface area contributed by atoms with Crippen molar-refractivity contribution in [2.24, 2.45) is 0 Å². The second kappa shape index (κ2) is 7.04. The number of hydrogen-bond acceptors (Lipinski definition) is 2. The van der Waals surface area contributed by atoms with E-state index in [0.717, 1.165) is 11.1 Å². The number of aryl methyl sites for hydroxylation is 1. The maximum Gasteiger partial charge on any atom is 0.251 e. The van der Waals surface area contributed by atoms with Gasteiger partial charge in [0.05, 0.1) is 12.6 Å². The lowest BCUT2D eigenvalue weighted by molar-refractivity contribution is 0.0939. The van der Waals surface area contributed by atoms with Gasteiger partial charge < -0.3 is 10.1 Å². The summed E-state index contributed by atoms with van der Waals surface area (Å²) in [5, 5.41) is 3.03. The topological polar surface area (TPSA) is 38.3 Å². The van der Waals surface area contributed by atoms with Crippen molar-refractivity contribution in [2.45, 2.75) is 26.5 Å². The number of methoxy groups -OCH3 is 1. The summed E-state index contributed by atoms with van der Waals surface area (Å²) in [5.41, 5.74) is 4.04. The first kappa shape index (κ1) is 15.3. The first-order valence-electron chi connectivity index (χ1n) is 7.06. The molecule has 3 heteroatoms. The molecule has 0 aliphatic heterocycles. The third-order valence-electron chi connectivity index (χ3n) is 3.53. The summed E-state index contributed by atoms with van der Waals surface area (Å²) in [6.07, 6.45) is 0. The second-order valence-electron chi connectivity index (χ2n) is 5.18. The number of carbonyl (C=O) groups is 1. The van der Waals surface area contributed by atoms with Crippen LogP contribution in [0.2, 0.25) is 0 Å². The Hall–Kier alpha value is -2.13. The number of carbonyl (C=O) groups excluding carboxylic acids is 1. The monoisotopic (exact) mass is 283 g/mol. The third kappa shape index (κ3) is 3.92. The SMILES string of the molecule is COCc1ccc(C(=O)N[C@@H](C)c2ccccc2C)cc1. The van der Waals surface area contributed by atoms with Crippen molar-refractivity contribution in [3.63, 3.8) is 0 Å². The minimum atomic E-state index is -0.0604. The first-order chi connectivity index (χ1) is 10.1. The number of ether oxygens (including phenoxy) is 1. The highest BCUT2D eigenvalue weighted by Gasteiger charge is 2.12. The van der Waals surface area contributed by atoms with Crippen molar-refractivity contribution in [2.75, 3.05) is 7.11 Å². The van der Waals surface area contributed by atoms with Crippen molar-refractivity contribution in [3.8, 4) is 0 Å². The maximum absolute atomic E-state index is 12.3. The van der Waals surface area contributed by atoms with Crippen LogP contribution in [0.15, 0.2) is 48.5 Å². The molecule has 0 fully saturated rings. The maximum atomic E-state index is 12.3. The van der Waals surface area contributed by atoms with Crippen LogP contribution in [-0.2, 0) is 11.3 Å². The van der Waals surface area contributed by atoms with Gasteiger partial charge in [0.15, 0.2) is 0 Å². The summed E-state index contributed by atoms with van der Waals surface area (Å²) < 4.78 is 5.06. The molecule has 1 atom stereocenters. The molecular formula is C18H21NO2. The fraction of sp³-hybridized carbons (Fsp3) is 0.278. The Bertz CT molecular complexity index is 605. The summed E-state index contributed by atoms with van der Waals surface area (Å²) in [7, 11) is 1.66. The zero-order valence-electron chi connectivity index (χ0n) is 12.7. The van der Waals surface area contributed by atoms with Crippen LogP contribution in [0.1, 0.15) is 40.0 Å². The predicted octanol–water partition coefficient (Wildman–Crippen LogP) is 3.63. The number of benzene rings is 2. The quantitative estimate of drug-likeness (QED) is 0.910. The predicted molar refractivity (Wildman–Crippen MR) is 84.2 cm³/mol. The molecule has 0 aromatic heterocycles. The number of nitrogens with one attached hydrogen (secondary N) is 1. The number of rotatable bonds is 5. The molecule has 0 saturated carbocycles. The fourth-order valence-corrected chi connectivity index (χ4v) is 2.35. The molecule has 0 unspecified atom stereocenters. The van der Waals surface area contributed by atoms with Gasteiger partial charge in [-0.15, -0.1) is 0 Å². The minimum Gasteiger partial charge on any atom is -0.380 e. The van der Waals surface area contributed by atoms with Crippen LogP contribution in [0.4, 0.5) is 0 Å². The van der Waals surface area contributed by atoms with Gasteiger partial charge in [0.1, 0.15) is 0 Å². The molecule has 2 aromatic carbocycles. The van der Waals surface area contributed by atoms with E-state index in [1.807, 2.05) is 49.4 Å². The van der Waals surface area contributed by atoms with Crippen LogP contribution in [0.3, 0.4) is 0 Å². The van der Waals surface area contributed by atoms with Gasteiger partial charge >= 0.3 is 0 Å². The van der Waals surface area contributed by atoms with Crippen molar-refractivity contribution in [3.05, 3.63) is 70.8 Å². The molecule has 0 aliphatic carbocycles. The Morgan fingerprint density at radius 1 is 1.14 bits per heavy atom. The normalized spacial score (nSPS) is 12.0. The highest BCUT2D eigenvalue weighted by Crippen LogP contribution is 2.17. The van der Waals surface area contributed by atoms with E-state index in [2.05, 4.69) is 18.3 Å². The van der Waals surface area contributed by atoms with Gasteiger partial charge in [-0.05, 0) is 42.7 Å². The van der Waals surface area contributed by atoms with E-state index in [1.165, 1.54) is 5.56 Å². The van der Waals surface area contributed by atoms with Gasteiger partial charge in [0, 0.05) is 12.7 Å². The summed E-state index contributed by atoms with van der Waals surface area (Å²) in [6.45, 7) is 4.61. The van der Waals surface area contributed by atoms with Crippen LogP contribution in [0.25, 0.3) is 0 Å². The Labute approximate surface area is 126 Å². The van der Waals surface area contributed by atoms with Gasteiger partial charge in [0.2, 0.25) is 0 Å². The van der Waals surface area contributed by atoms with Gasteiger partial charge in [0.25, 0.3) is 5.91 Å². The van der Waals surface area contributed by atoms with Crippen LogP contribution in [-0.4, -0.2) is 13.0 Å². The van der Waals surface area contributed by atoms with E-state index in [-0.39, 0.29) is 11.9 Å². The first-order valence-corrected chi connectivity index (χ1v) is 7.06. The Kier molecular flexibility index (Phi) is 5.12. The molecule has 110 valence electrons. The second-order valence-corrected chi connectivity index (χ2v) is 5.18. The van der Waals surface area contributed by atoms with E-state index in [4.69, 9.17) is 4.74 Å². The lowest BCUT2D eigenvalue weighted by Gasteiger charge is -2.16. The van der Waals surface area contributed by atoms with Gasteiger partial charge in [-0.3, -0.25) is 4.79 Å². The lowest BCUT2D eigenvalue weighted by Crippen LogP contribution is -2.27. The fourth-order valence-electron chi connectivity index (χ4n) is 2.35. The van der Waals surface area contributed by atoms with Crippen molar-refractivity contribution in [1.29, 1.82) is 0 Å². The average molecular weight is 283 g/mol. The zero-order valence-corrected chi connectivity index (χ0v) is 12.7. The Morgan fingerprint density at radius 3 is 2.43 bits per heavy atom. The average Bonchev–Trinajstić information content (AvgIpc) is 2.48. The van der Waals surface area contributed by atoms with Gasteiger partial charge in [-0.25, -0.2) is 0 Å². The summed E-state index contributed by atoms with van der Waals surface area (Å²) in [4.78, 5) is 12.3. The van der Waals surface area contributed by atoms with Crippen molar-refractivity contribution >= 4 is 5.91 Å². The molecule has 0 spiro atoms. The molecule has 0 bridgehead atoms. The standard InChI is InChI=1S/C18H21NO2/c1-13-6-4-5-7-17(13)14(2)19-18(20)16-10-8-15(9-11-16)12-21-3/h4-11,14H,12H2,1-3H3,(H,19,20)/t14-/m0/s1. The molecule has 21 heavy (non-hydrogen) atoms. The summed E-state index contributed by atoms with van der Waals surface area (Å²) in [5.74, 6) is -0.0604. The number of hydrogen-bond donors (Lipinski definition) is 1. The minimum absolute atomic E-state index is 0.0163. The largest absolute Gasteiger partial charge is 0.380 e. The van der Waals surface area contributed by atoms with E-state index in [1.54, 1.807) is 7.11 Å². The highest BCUT2D eigenvalue weighted by atomic mass is 16.5. The Balaban J connectivity index is 2.05. The molecule has 0 saturated heterocycles. The van der Waals surface area contributed by atoms with Gasteiger partial charge in [-0.2, -0.15) is 0 Å². The van der Waals surface area contributed by atoms with Crippen LogP contribution in [0.5, 0.6) is 0 Å². The Morgan fingerprint density at radius 2 is 1.81 bits per heavy atom. The summed E-state index contributed by atoms with van der Waals surface area (Å²) >= 11 is 0. The smallest absolute Gasteiger partial charge is 0.251 e. The van der Waals surface area contributed by atoms with Crippen LogP contribution < -0.4 is 5.32 Å². The zero-order chi connectivity index (χ0) is 15.2. The van der Waals surface area contributed by atoms with Crippen LogP contribution >= 0.6 is 0 Å². The molecule has 1 N–H and O–H groups in total. The third-order valence-corrected chi connectivity index (χ3v) is 3.53. The molecule has 0 heterocycles. The summed E-state index contributed by atoms with van der Waals surface area (Å²) in [6, 6.07) is 15.6. The number of amides is 1. The molecular weight excluding hydrogens is 262 g/mol. The van der Waals surface area contributed by atoms with E-state index in [9.17, 15) is 4.79 Å². The van der Waals surface area contributed by atoms with Crippen molar-refractivity contribution < 1.29 is 9.53 Å².